The SMILES string of the molecule is CCn1cc(-c2cc3n(C)c(=O)c4ccc(-c5ccc(N)nc5)cc4n3n2)cn1. The van der Waals surface area contributed by atoms with E-state index in [1.807, 2.05) is 52.6 Å². The van der Waals surface area contributed by atoms with Crippen LogP contribution < -0.4 is 11.3 Å². The second kappa shape index (κ2) is 6.30. The van der Waals surface area contributed by atoms with E-state index in [1.165, 1.54) is 0 Å². The Bertz CT molecular complexity index is 1420. The Morgan fingerprint density at radius 3 is 2.59 bits per heavy atom. The van der Waals surface area contributed by atoms with Crippen LogP contribution in [-0.4, -0.2) is 28.9 Å². The van der Waals surface area contributed by atoms with Gasteiger partial charge in [0, 0.05) is 43.2 Å². The Morgan fingerprint density at radius 2 is 1.86 bits per heavy atom. The Labute approximate surface area is 165 Å². The molecule has 4 heterocycles. The first-order valence-electron chi connectivity index (χ1n) is 9.32. The molecule has 29 heavy (non-hydrogen) atoms. The summed E-state index contributed by atoms with van der Waals surface area (Å²) in [4.78, 5) is 17.1. The van der Waals surface area contributed by atoms with Crippen LogP contribution in [0.3, 0.4) is 0 Å². The number of aryl methyl sites for hydroxylation is 2. The molecule has 8 heteroatoms. The topological polar surface area (TPSA) is 96.0 Å². The number of fused-ring (bicyclic) bond motifs is 3. The number of benzene rings is 1. The van der Waals surface area contributed by atoms with Crippen molar-refractivity contribution < 1.29 is 0 Å². The molecule has 0 aliphatic heterocycles. The number of hydrogen-bond acceptors (Lipinski definition) is 5. The maximum atomic E-state index is 12.9. The van der Waals surface area contributed by atoms with Crippen LogP contribution in [-0.2, 0) is 13.6 Å². The molecule has 0 saturated carbocycles. The van der Waals surface area contributed by atoms with E-state index in [-0.39, 0.29) is 5.56 Å². The number of nitrogens with two attached hydrogens (primary N) is 1. The quantitative estimate of drug-likeness (QED) is 0.515. The fourth-order valence-electron chi connectivity index (χ4n) is 3.53. The minimum Gasteiger partial charge on any atom is -0.384 e. The summed E-state index contributed by atoms with van der Waals surface area (Å²) in [5, 5.41) is 9.71. The molecule has 0 aliphatic carbocycles. The molecule has 0 spiro atoms. The second-order valence-corrected chi connectivity index (χ2v) is 6.95. The standard InChI is InChI=1S/C21H19N7O/c1-3-27-12-15(11-24-27)17-9-20-26(2)21(29)16-6-4-13(8-18(16)28(20)25-17)14-5-7-19(22)23-10-14/h4-12H,3H2,1-2H3,(H2,22,23). The average Bonchev–Trinajstić information content (AvgIpc) is 3.39. The van der Waals surface area contributed by atoms with Crippen LogP contribution >= 0.6 is 0 Å². The summed E-state index contributed by atoms with van der Waals surface area (Å²) in [6.45, 7) is 2.82. The molecule has 5 rings (SSSR count). The highest BCUT2D eigenvalue weighted by molar-refractivity contribution is 5.86. The molecule has 0 radical (unpaired) electrons. The number of pyridine rings is 1. The van der Waals surface area contributed by atoms with Gasteiger partial charge in [-0.2, -0.15) is 10.2 Å². The number of aromatic nitrogens is 6. The third-order valence-corrected chi connectivity index (χ3v) is 5.17. The lowest BCUT2D eigenvalue weighted by molar-refractivity contribution is 0.660. The minimum absolute atomic E-state index is 0.0646. The van der Waals surface area contributed by atoms with Crippen molar-refractivity contribution in [2.24, 2.45) is 7.05 Å². The van der Waals surface area contributed by atoms with Crippen LogP contribution in [0.4, 0.5) is 5.82 Å². The monoisotopic (exact) mass is 385 g/mol. The average molecular weight is 385 g/mol. The Morgan fingerprint density at radius 1 is 1.03 bits per heavy atom. The molecule has 0 atom stereocenters. The maximum Gasteiger partial charge on any atom is 0.261 e. The van der Waals surface area contributed by atoms with Crippen molar-refractivity contribution in [2.45, 2.75) is 13.5 Å². The summed E-state index contributed by atoms with van der Waals surface area (Å²) in [7, 11) is 1.76. The number of rotatable bonds is 3. The first kappa shape index (κ1) is 17.2. The highest BCUT2D eigenvalue weighted by Crippen LogP contribution is 2.26. The van der Waals surface area contributed by atoms with Crippen molar-refractivity contribution in [1.29, 1.82) is 0 Å². The van der Waals surface area contributed by atoms with Gasteiger partial charge in [0.2, 0.25) is 0 Å². The molecule has 2 N–H and O–H groups in total. The van der Waals surface area contributed by atoms with E-state index in [0.29, 0.717) is 16.9 Å². The van der Waals surface area contributed by atoms with Gasteiger partial charge in [-0.25, -0.2) is 9.50 Å². The zero-order valence-electron chi connectivity index (χ0n) is 16.1. The van der Waals surface area contributed by atoms with Crippen LogP contribution in [0.2, 0.25) is 0 Å². The van der Waals surface area contributed by atoms with Gasteiger partial charge in [-0.15, -0.1) is 0 Å². The number of hydrogen-bond donors (Lipinski definition) is 1. The van der Waals surface area contributed by atoms with Crippen LogP contribution in [0.1, 0.15) is 6.92 Å². The molecule has 5 aromatic rings. The molecule has 0 amide bonds. The van der Waals surface area contributed by atoms with Crippen molar-refractivity contribution in [2.75, 3.05) is 5.73 Å². The molecule has 0 saturated heterocycles. The Balaban J connectivity index is 1.77. The normalized spacial score (nSPS) is 11.5. The Hall–Kier alpha value is -3.94. The van der Waals surface area contributed by atoms with Gasteiger partial charge in [0.15, 0.2) is 0 Å². The van der Waals surface area contributed by atoms with Gasteiger partial charge in [-0.3, -0.25) is 14.0 Å². The molecule has 4 aromatic heterocycles. The van der Waals surface area contributed by atoms with Crippen LogP contribution in [0.25, 0.3) is 38.9 Å². The van der Waals surface area contributed by atoms with E-state index in [2.05, 4.69) is 10.1 Å². The minimum atomic E-state index is -0.0646. The third kappa shape index (κ3) is 2.68. The van der Waals surface area contributed by atoms with Gasteiger partial charge >= 0.3 is 0 Å². The van der Waals surface area contributed by atoms with E-state index in [1.54, 1.807) is 30.1 Å². The van der Waals surface area contributed by atoms with E-state index in [4.69, 9.17) is 10.8 Å². The lowest BCUT2D eigenvalue weighted by atomic mass is 10.1. The fraction of sp³-hybridized carbons (Fsp3) is 0.143. The van der Waals surface area contributed by atoms with Crippen LogP contribution in [0, 0.1) is 0 Å². The first-order valence-corrected chi connectivity index (χ1v) is 9.32. The van der Waals surface area contributed by atoms with Gasteiger partial charge in [0.25, 0.3) is 5.56 Å². The predicted octanol–water partition coefficient (Wildman–Crippen LogP) is 2.71. The smallest absolute Gasteiger partial charge is 0.261 e. The molecule has 8 nitrogen and oxygen atoms in total. The largest absolute Gasteiger partial charge is 0.384 e. The molecule has 0 bridgehead atoms. The Kier molecular flexibility index (Phi) is 3.73. The number of nitrogen functional groups attached to an aromatic ring is 1. The zero-order chi connectivity index (χ0) is 20.1. The van der Waals surface area contributed by atoms with E-state index in [9.17, 15) is 4.79 Å². The summed E-state index contributed by atoms with van der Waals surface area (Å²) < 4.78 is 5.28. The summed E-state index contributed by atoms with van der Waals surface area (Å²) in [5.74, 6) is 0.468. The van der Waals surface area contributed by atoms with Gasteiger partial charge in [-0.1, -0.05) is 6.07 Å². The highest BCUT2D eigenvalue weighted by atomic mass is 16.1. The van der Waals surface area contributed by atoms with Crippen molar-refractivity contribution in [1.82, 2.24) is 28.9 Å². The summed E-state index contributed by atoms with van der Waals surface area (Å²) >= 11 is 0. The van der Waals surface area contributed by atoms with Crippen LogP contribution in [0.5, 0.6) is 0 Å². The highest BCUT2D eigenvalue weighted by Gasteiger charge is 2.14. The fourth-order valence-corrected chi connectivity index (χ4v) is 3.53. The zero-order valence-corrected chi connectivity index (χ0v) is 16.1. The van der Waals surface area contributed by atoms with Gasteiger partial charge in [0.1, 0.15) is 11.5 Å². The van der Waals surface area contributed by atoms with Gasteiger partial charge < -0.3 is 5.73 Å². The van der Waals surface area contributed by atoms with Crippen LogP contribution in [0.15, 0.2) is 59.8 Å². The van der Waals surface area contributed by atoms with Crippen molar-refractivity contribution in [3.63, 3.8) is 0 Å². The summed E-state index contributed by atoms with van der Waals surface area (Å²) in [5.41, 5.74) is 10.6. The summed E-state index contributed by atoms with van der Waals surface area (Å²) in [6.07, 6.45) is 5.47. The number of nitrogens with zero attached hydrogens (tertiary/aromatic N) is 6. The van der Waals surface area contributed by atoms with Crippen molar-refractivity contribution in [3.05, 3.63) is 65.3 Å². The third-order valence-electron chi connectivity index (χ3n) is 5.17. The van der Waals surface area contributed by atoms with Crippen molar-refractivity contribution in [3.8, 4) is 22.4 Å². The molecule has 0 aliphatic rings. The predicted molar refractivity (Wildman–Crippen MR) is 112 cm³/mol. The lowest BCUT2D eigenvalue weighted by Gasteiger charge is -2.08. The molecule has 0 fully saturated rings. The second-order valence-electron chi connectivity index (χ2n) is 6.95. The summed E-state index contributed by atoms with van der Waals surface area (Å²) in [6, 6.07) is 11.3. The molecular formula is C21H19N7O. The van der Waals surface area contributed by atoms with E-state index >= 15 is 0 Å². The van der Waals surface area contributed by atoms with Gasteiger partial charge in [-0.05, 0) is 36.8 Å². The van der Waals surface area contributed by atoms with E-state index < -0.39 is 0 Å². The maximum absolute atomic E-state index is 12.9. The van der Waals surface area contributed by atoms with Crippen molar-refractivity contribution >= 4 is 22.4 Å². The molecule has 0 unspecified atom stereocenters. The molecule has 1 aromatic carbocycles. The number of anilines is 1. The van der Waals surface area contributed by atoms with E-state index in [0.717, 1.165) is 34.4 Å². The van der Waals surface area contributed by atoms with Gasteiger partial charge in [0.05, 0.1) is 22.8 Å². The molecular weight excluding hydrogens is 366 g/mol. The first-order chi connectivity index (χ1) is 14.0. The molecule has 144 valence electrons. The lowest BCUT2D eigenvalue weighted by Crippen LogP contribution is -2.19.